The molecule has 0 aliphatic heterocycles. The molecule has 0 bridgehead atoms. The lowest BCUT2D eigenvalue weighted by atomic mass is 10.1. The van der Waals surface area contributed by atoms with Gasteiger partial charge in [-0.1, -0.05) is 0 Å². The molecule has 6 nitrogen and oxygen atoms in total. The second-order valence-corrected chi connectivity index (χ2v) is 6.74. The number of nitrogens with zero attached hydrogens (tertiary/aromatic N) is 4. The highest BCUT2D eigenvalue weighted by molar-refractivity contribution is 9.10. The summed E-state index contributed by atoms with van der Waals surface area (Å²) in [6.07, 6.45) is 1.70. The van der Waals surface area contributed by atoms with E-state index < -0.39 is 0 Å². The van der Waals surface area contributed by atoms with Crippen LogP contribution in [-0.2, 0) is 0 Å². The topological polar surface area (TPSA) is 68.2 Å². The van der Waals surface area contributed by atoms with Gasteiger partial charge < -0.3 is 9.73 Å². The number of furan rings is 1. The zero-order valence-corrected chi connectivity index (χ0v) is 13.9. The number of rotatable bonds is 2. The van der Waals surface area contributed by atoms with Crippen LogP contribution in [0.25, 0.3) is 17.2 Å². The van der Waals surface area contributed by atoms with Crippen molar-refractivity contribution in [2.45, 2.75) is 33.2 Å². The molecule has 0 spiro atoms. The summed E-state index contributed by atoms with van der Waals surface area (Å²) >= 11 is 3.46. The van der Waals surface area contributed by atoms with Crippen molar-refractivity contribution in [3.63, 3.8) is 0 Å². The van der Waals surface area contributed by atoms with Crippen LogP contribution in [-0.4, -0.2) is 25.1 Å². The number of aryl methyl sites for hydroxylation is 1. The summed E-state index contributed by atoms with van der Waals surface area (Å²) in [5, 5.41) is 7.58. The van der Waals surface area contributed by atoms with Crippen molar-refractivity contribution in [2.24, 2.45) is 0 Å². The SMILES string of the molecule is Cc1ccc(-c2nc(NC(C)(C)C)nc3c(Br)cnn23)o1. The maximum absolute atomic E-state index is 5.68. The van der Waals surface area contributed by atoms with Crippen LogP contribution in [0.2, 0.25) is 0 Å². The Balaban J connectivity index is 2.21. The van der Waals surface area contributed by atoms with Gasteiger partial charge in [-0.2, -0.15) is 19.6 Å². The van der Waals surface area contributed by atoms with Crippen LogP contribution < -0.4 is 5.32 Å². The van der Waals surface area contributed by atoms with E-state index in [2.05, 4.69) is 57.1 Å². The minimum atomic E-state index is -0.138. The molecule has 0 amide bonds. The predicted octanol–water partition coefficient (Wildman–Crippen LogP) is 3.67. The molecule has 3 heterocycles. The fraction of sp³-hybridized carbons (Fsp3) is 0.357. The Bertz CT molecular complexity index is 799. The summed E-state index contributed by atoms with van der Waals surface area (Å²) in [4.78, 5) is 9.05. The van der Waals surface area contributed by atoms with Crippen molar-refractivity contribution in [2.75, 3.05) is 5.32 Å². The molecule has 0 saturated carbocycles. The zero-order chi connectivity index (χ0) is 15.2. The number of fused-ring (bicyclic) bond motifs is 1. The van der Waals surface area contributed by atoms with Crippen molar-refractivity contribution in [1.29, 1.82) is 0 Å². The fourth-order valence-electron chi connectivity index (χ4n) is 1.96. The molecular formula is C14H16BrN5O. The third-order valence-electron chi connectivity index (χ3n) is 2.77. The van der Waals surface area contributed by atoms with Crippen molar-refractivity contribution in [3.05, 3.63) is 28.6 Å². The first-order valence-corrected chi connectivity index (χ1v) is 7.39. The van der Waals surface area contributed by atoms with Gasteiger partial charge in [0, 0.05) is 5.54 Å². The van der Waals surface area contributed by atoms with E-state index in [0.29, 0.717) is 23.2 Å². The lowest BCUT2D eigenvalue weighted by Crippen LogP contribution is -2.27. The number of nitrogens with one attached hydrogen (secondary N) is 1. The Labute approximate surface area is 130 Å². The van der Waals surface area contributed by atoms with E-state index in [-0.39, 0.29) is 5.54 Å². The van der Waals surface area contributed by atoms with Crippen LogP contribution in [0, 0.1) is 6.92 Å². The van der Waals surface area contributed by atoms with Gasteiger partial charge in [-0.25, -0.2) is 0 Å². The lowest BCUT2D eigenvalue weighted by Gasteiger charge is -2.20. The summed E-state index contributed by atoms with van der Waals surface area (Å²) in [6, 6.07) is 3.78. The van der Waals surface area contributed by atoms with E-state index in [4.69, 9.17) is 4.42 Å². The van der Waals surface area contributed by atoms with E-state index in [1.165, 1.54) is 0 Å². The number of aromatic nitrogens is 4. The van der Waals surface area contributed by atoms with E-state index >= 15 is 0 Å². The second kappa shape index (κ2) is 4.84. The molecule has 0 aliphatic rings. The van der Waals surface area contributed by atoms with Crippen LogP contribution in [0.1, 0.15) is 26.5 Å². The first kappa shape index (κ1) is 14.1. The summed E-state index contributed by atoms with van der Waals surface area (Å²) in [5.41, 5.74) is 0.557. The number of hydrogen-bond acceptors (Lipinski definition) is 5. The highest BCUT2D eigenvalue weighted by Crippen LogP contribution is 2.25. The molecule has 0 fully saturated rings. The van der Waals surface area contributed by atoms with E-state index in [1.54, 1.807) is 10.7 Å². The van der Waals surface area contributed by atoms with Gasteiger partial charge in [0.05, 0.1) is 10.7 Å². The van der Waals surface area contributed by atoms with Crippen LogP contribution >= 0.6 is 15.9 Å². The van der Waals surface area contributed by atoms with Crippen molar-refractivity contribution < 1.29 is 4.42 Å². The number of hydrogen-bond donors (Lipinski definition) is 1. The monoisotopic (exact) mass is 349 g/mol. The molecule has 21 heavy (non-hydrogen) atoms. The Morgan fingerprint density at radius 2 is 2.00 bits per heavy atom. The maximum atomic E-state index is 5.68. The Hall–Kier alpha value is -1.89. The van der Waals surface area contributed by atoms with Crippen LogP contribution in [0.3, 0.4) is 0 Å². The van der Waals surface area contributed by atoms with E-state index in [0.717, 1.165) is 10.2 Å². The van der Waals surface area contributed by atoms with Gasteiger partial charge in [-0.15, -0.1) is 0 Å². The van der Waals surface area contributed by atoms with Gasteiger partial charge in [0.25, 0.3) is 0 Å². The molecule has 0 radical (unpaired) electrons. The fourth-order valence-corrected chi connectivity index (χ4v) is 2.30. The molecule has 1 N–H and O–H groups in total. The summed E-state index contributed by atoms with van der Waals surface area (Å²) < 4.78 is 8.15. The molecular weight excluding hydrogens is 334 g/mol. The summed E-state index contributed by atoms with van der Waals surface area (Å²) in [6.45, 7) is 8.07. The minimum Gasteiger partial charge on any atom is -0.458 e. The van der Waals surface area contributed by atoms with E-state index in [1.807, 2.05) is 19.1 Å². The van der Waals surface area contributed by atoms with Crippen LogP contribution in [0.4, 0.5) is 5.95 Å². The smallest absolute Gasteiger partial charge is 0.227 e. The predicted molar refractivity (Wildman–Crippen MR) is 84.3 cm³/mol. The molecule has 110 valence electrons. The molecule has 0 unspecified atom stereocenters. The minimum absolute atomic E-state index is 0.138. The van der Waals surface area contributed by atoms with Gasteiger partial charge >= 0.3 is 0 Å². The lowest BCUT2D eigenvalue weighted by molar-refractivity contribution is 0.541. The van der Waals surface area contributed by atoms with E-state index in [9.17, 15) is 0 Å². The second-order valence-electron chi connectivity index (χ2n) is 5.88. The molecule has 0 aliphatic carbocycles. The molecule has 7 heteroatoms. The van der Waals surface area contributed by atoms with Gasteiger partial charge in [0.2, 0.25) is 11.8 Å². The quantitative estimate of drug-likeness (QED) is 0.764. The van der Waals surface area contributed by atoms with Gasteiger partial charge in [-0.3, -0.25) is 0 Å². The Morgan fingerprint density at radius 3 is 2.62 bits per heavy atom. The van der Waals surface area contributed by atoms with Crippen LogP contribution in [0.15, 0.2) is 27.2 Å². The van der Waals surface area contributed by atoms with Crippen LogP contribution in [0.5, 0.6) is 0 Å². The van der Waals surface area contributed by atoms with Gasteiger partial charge in [0.1, 0.15) is 5.76 Å². The third kappa shape index (κ3) is 2.78. The van der Waals surface area contributed by atoms with Gasteiger partial charge in [0.15, 0.2) is 11.4 Å². The standard InChI is InChI=1S/C14H16BrN5O/c1-8-5-6-10(21-8)12-18-13(19-14(2,3)4)17-11-9(15)7-16-20(11)12/h5-7H,1-4H3,(H,17,19). The summed E-state index contributed by atoms with van der Waals surface area (Å²) in [5.74, 6) is 2.64. The molecule has 3 rings (SSSR count). The normalized spacial score (nSPS) is 12.0. The van der Waals surface area contributed by atoms with Crippen molar-refractivity contribution >= 4 is 27.5 Å². The Kier molecular flexibility index (Phi) is 3.24. The molecule has 3 aromatic heterocycles. The van der Waals surface area contributed by atoms with Crippen molar-refractivity contribution in [3.8, 4) is 11.6 Å². The molecule has 0 saturated heterocycles. The molecule has 3 aromatic rings. The highest BCUT2D eigenvalue weighted by Gasteiger charge is 2.18. The summed E-state index contributed by atoms with van der Waals surface area (Å²) in [7, 11) is 0. The molecule has 0 atom stereocenters. The van der Waals surface area contributed by atoms with Crippen molar-refractivity contribution in [1.82, 2.24) is 19.6 Å². The molecule has 0 aromatic carbocycles. The highest BCUT2D eigenvalue weighted by atomic mass is 79.9. The average Bonchev–Trinajstić information content (AvgIpc) is 2.94. The zero-order valence-electron chi connectivity index (χ0n) is 12.3. The first-order valence-electron chi connectivity index (χ1n) is 6.60. The number of halogens is 1. The number of anilines is 1. The average molecular weight is 350 g/mol. The third-order valence-corrected chi connectivity index (χ3v) is 3.33. The largest absolute Gasteiger partial charge is 0.458 e. The van der Waals surface area contributed by atoms with Gasteiger partial charge in [-0.05, 0) is 55.8 Å². The maximum Gasteiger partial charge on any atom is 0.227 e. The first-order chi connectivity index (χ1) is 9.83. The Morgan fingerprint density at radius 1 is 1.24 bits per heavy atom.